The van der Waals surface area contributed by atoms with Crippen LogP contribution in [-0.2, 0) is 19.1 Å². The number of benzene rings is 3. The van der Waals surface area contributed by atoms with Gasteiger partial charge in [-0.15, -0.1) is 0 Å². The van der Waals surface area contributed by atoms with Gasteiger partial charge in [0.1, 0.15) is 11.5 Å². The maximum Gasteiger partial charge on any atom is 0.435 e. The Morgan fingerprint density at radius 2 is 1.77 bits per heavy atom. The maximum atomic E-state index is 15.8. The predicted molar refractivity (Wildman–Crippen MR) is 157 cm³/mol. The molecule has 0 spiro atoms. The molecule has 2 N–H and O–H groups in total. The summed E-state index contributed by atoms with van der Waals surface area (Å²) in [7, 11) is 0. The van der Waals surface area contributed by atoms with Gasteiger partial charge in [-0.2, -0.15) is 18.3 Å². The van der Waals surface area contributed by atoms with Crippen molar-refractivity contribution < 1.29 is 26.9 Å². The molecule has 8 nitrogen and oxygen atoms in total. The van der Waals surface area contributed by atoms with Crippen molar-refractivity contribution in [1.29, 1.82) is 0 Å². The molecular weight excluding hydrogens is 576 g/mol. The lowest BCUT2D eigenvalue weighted by atomic mass is 9.98. The third kappa shape index (κ3) is 4.98. The second-order valence-corrected chi connectivity index (χ2v) is 11.2. The largest absolute Gasteiger partial charge is 0.435 e. The van der Waals surface area contributed by atoms with E-state index in [1.165, 1.54) is 29.2 Å². The van der Waals surface area contributed by atoms with Crippen LogP contribution in [0.15, 0.2) is 65.2 Å². The minimum Gasteiger partial charge on any atom is -0.380 e. The fourth-order valence-electron chi connectivity index (χ4n) is 6.30. The SMILES string of the molecule is Nc1noc2ccc(-n3nc(C(F)(F)F)c4c3C(=O)CN(c3ccc(-c5ccccc5CN5CCCC5)cc3F)CC4)cc12. The monoisotopic (exact) mass is 604 g/mol. The van der Waals surface area contributed by atoms with Gasteiger partial charge in [0.15, 0.2) is 17.1 Å². The van der Waals surface area contributed by atoms with E-state index in [0.29, 0.717) is 16.5 Å². The van der Waals surface area contributed by atoms with Crippen molar-refractivity contribution in [1.82, 2.24) is 19.8 Å². The second-order valence-electron chi connectivity index (χ2n) is 11.2. The number of nitrogens with zero attached hydrogens (tertiary/aromatic N) is 5. The van der Waals surface area contributed by atoms with Gasteiger partial charge in [-0.25, -0.2) is 9.07 Å². The first kappa shape index (κ1) is 28.1. The van der Waals surface area contributed by atoms with Crippen LogP contribution in [0.3, 0.4) is 0 Å². The molecule has 2 aliphatic heterocycles. The Hall–Kier alpha value is -4.71. The molecule has 0 aliphatic carbocycles. The van der Waals surface area contributed by atoms with Crippen molar-refractivity contribution in [3.05, 3.63) is 89.0 Å². The first-order valence-corrected chi connectivity index (χ1v) is 14.4. The van der Waals surface area contributed by atoms with Crippen LogP contribution in [0.5, 0.6) is 0 Å². The number of fused-ring (bicyclic) bond motifs is 2. The average molecular weight is 605 g/mol. The lowest BCUT2D eigenvalue weighted by Crippen LogP contribution is -2.31. The van der Waals surface area contributed by atoms with E-state index in [-0.39, 0.29) is 48.0 Å². The highest BCUT2D eigenvalue weighted by atomic mass is 19.4. The summed E-state index contributed by atoms with van der Waals surface area (Å²) in [5.74, 6) is -1.10. The van der Waals surface area contributed by atoms with Crippen molar-refractivity contribution in [2.75, 3.05) is 36.8 Å². The molecule has 0 bridgehead atoms. The number of carbonyl (C=O) groups excluding carboxylic acids is 1. The number of aromatic nitrogens is 3. The van der Waals surface area contributed by atoms with Gasteiger partial charge in [0, 0.05) is 18.7 Å². The smallest absolute Gasteiger partial charge is 0.380 e. The molecule has 7 rings (SSSR count). The van der Waals surface area contributed by atoms with Crippen LogP contribution >= 0.6 is 0 Å². The normalized spacial score (nSPS) is 16.1. The Morgan fingerprint density at radius 3 is 2.55 bits per heavy atom. The molecule has 0 amide bonds. The van der Waals surface area contributed by atoms with E-state index < -0.39 is 23.5 Å². The number of alkyl halides is 3. The number of rotatable bonds is 5. The van der Waals surface area contributed by atoms with Gasteiger partial charge in [-0.1, -0.05) is 35.5 Å². The molecule has 0 atom stereocenters. The average Bonchev–Trinajstić information content (AvgIpc) is 3.72. The number of nitrogens with two attached hydrogens (primary N) is 1. The first-order chi connectivity index (χ1) is 21.2. The minimum atomic E-state index is -4.81. The summed E-state index contributed by atoms with van der Waals surface area (Å²) >= 11 is 0. The number of Topliss-reactive ketones (excluding diaryl/α,β-unsaturated/α-hetero) is 1. The standard InChI is InChI=1S/C32H28F4N6O2/c33-25-15-19(22-6-2-1-5-20(22)17-40-12-3-4-13-40)7-9-26(25)41-14-11-23-29(27(43)18-41)42(38-30(23)32(34,35)36)21-8-10-28-24(16-21)31(37)39-44-28/h1-2,5-10,15-16H,3-4,11-14,17-18H2,(H2,37,39). The third-order valence-electron chi connectivity index (χ3n) is 8.42. The van der Waals surface area contributed by atoms with E-state index in [1.807, 2.05) is 24.3 Å². The number of hydrogen-bond donors (Lipinski definition) is 1. The van der Waals surface area contributed by atoms with Crippen LogP contribution in [0.2, 0.25) is 0 Å². The number of carbonyl (C=O) groups is 1. The predicted octanol–water partition coefficient (Wildman–Crippen LogP) is 6.26. The fourth-order valence-corrected chi connectivity index (χ4v) is 6.30. The summed E-state index contributed by atoms with van der Waals surface area (Å²) in [6.07, 6.45) is -2.63. The van der Waals surface area contributed by atoms with Gasteiger partial charge in [-0.3, -0.25) is 9.69 Å². The van der Waals surface area contributed by atoms with Crippen LogP contribution in [0, 0.1) is 5.82 Å². The van der Waals surface area contributed by atoms with Gasteiger partial charge in [-0.05, 0) is 79.4 Å². The van der Waals surface area contributed by atoms with Crippen molar-refractivity contribution in [3.8, 4) is 16.8 Å². The molecule has 226 valence electrons. The van der Waals surface area contributed by atoms with Gasteiger partial charge >= 0.3 is 6.18 Å². The molecular formula is C32H28F4N6O2. The molecule has 12 heteroatoms. The number of nitrogen functional groups attached to an aromatic ring is 1. The lowest BCUT2D eigenvalue weighted by molar-refractivity contribution is -0.141. The summed E-state index contributed by atoms with van der Waals surface area (Å²) in [5.41, 5.74) is 7.69. The van der Waals surface area contributed by atoms with E-state index in [1.54, 1.807) is 12.1 Å². The first-order valence-electron chi connectivity index (χ1n) is 14.4. The van der Waals surface area contributed by atoms with E-state index in [0.717, 1.165) is 48.3 Å². The highest BCUT2D eigenvalue weighted by Gasteiger charge is 2.42. The molecule has 2 aromatic heterocycles. The lowest BCUT2D eigenvalue weighted by Gasteiger charge is -2.23. The number of hydrogen-bond acceptors (Lipinski definition) is 7. The molecule has 3 aromatic carbocycles. The van der Waals surface area contributed by atoms with Gasteiger partial charge in [0.05, 0.1) is 23.3 Å². The minimum absolute atomic E-state index is 0.00698. The maximum absolute atomic E-state index is 15.8. The van der Waals surface area contributed by atoms with E-state index in [9.17, 15) is 18.0 Å². The number of likely N-dealkylation sites (tertiary alicyclic amines) is 1. The van der Waals surface area contributed by atoms with Crippen LogP contribution < -0.4 is 10.6 Å². The van der Waals surface area contributed by atoms with Gasteiger partial charge < -0.3 is 15.2 Å². The molecule has 0 unspecified atom stereocenters. The quantitative estimate of drug-likeness (QED) is 0.237. The molecule has 5 aromatic rings. The summed E-state index contributed by atoms with van der Waals surface area (Å²) in [5, 5.41) is 7.90. The zero-order chi connectivity index (χ0) is 30.6. The summed E-state index contributed by atoms with van der Waals surface area (Å²) in [4.78, 5) is 17.5. The Labute approximate surface area is 249 Å². The zero-order valence-corrected chi connectivity index (χ0v) is 23.6. The van der Waals surface area contributed by atoms with Crippen LogP contribution in [0.1, 0.15) is 40.2 Å². The Bertz CT molecular complexity index is 1890. The van der Waals surface area contributed by atoms with Crippen molar-refractivity contribution >= 4 is 28.3 Å². The highest BCUT2D eigenvalue weighted by Crippen LogP contribution is 2.37. The Kier molecular flexibility index (Phi) is 6.88. The zero-order valence-electron chi connectivity index (χ0n) is 23.6. The molecule has 1 saturated heterocycles. The molecule has 0 saturated carbocycles. The van der Waals surface area contributed by atoms with Crippen LogP contribution in [-0.4, -0.2) is 51.8 Å². The number of anilines is 2. The molecule has 0 radical (unpaired) electrons. The molecule has 44 heavy (non-hydrogen) atoms. The van der Waals surface area contributed by atoms with E-state index >= 15 is 4.39 Å². The molecule has 1 fully saturated rings. The van der Waals surface area contributed by atoms with Crippen LogP contribution in [0.25, 0.3) is 27.8 Å². The third-order valence-corrected chi connectivity index (χ3v) is 8.42. The van der Waals surface area contributed by atoms with Gasteiger partial charge in [0.25, 0.3) is 0 Å². The van der Waals surface area contributed by atoms with Crippen molar-refractivity contribution in [2.45, 2.75) is 32.0 Å². The number of ketones is 1. The highest BCUT2D eigenvalue weighted by molar-refractivity contribution is 6.01. The molecule has 2 aliphatic rings. The fraction of sp³-hybridized carbons (Fsp3) is 0.281. The van der Waals surface area contributed by atoms with Gasteiger partial charge in [0.2, 0.25) is 5.78 Å². The molecule has 4 heterocycles. The van der Waals surface area contributed by atoms with Crippen molar-refractivity contribution in [2.24, 2.45) is 0 Å². The topological polar surface area (TPSA) is 93.4 Å². The summed E-state index contributed by atoms with van der Waals surface area (Å²) < 4.78 is 64.4. The summed E-state index contributed by atoms with van der Waals surface area (Å²) in [6.45, 7) is 2.50. The van der Waals surface area contributed by atoms with E-state index in [4.69, 9.17) is 10.3 Å². The van der Waals surface area contributed by atoms with Crippen molar-refractivity contribution in [3.63, 3.8) is 0 Å². The Balaban J connectivity index is 1.22. The summed E-state index contributed by atoms with van der Waals surface area (Å²) in [6, 6.07) is 17.2. The second kappa shape index (κ2) is 10.8. The number of halogens is 4. The van der Waals surface area contributed by atoms with E-state index in [2.05, 4.69) is 15.2 Å². The van der Waals surface area contributed by atoms with Crippen LogP contribution in [0.4, 0.5) is 29.1 Å². The Morgan fingerprint density at radius 1 is 0.977 bits per heavy atom.